The van der Waals surface area contributed by atoms with Gasteiger partial charge in [-0.05, 0) is 88.0 Å². The van der Waals surface area contributed by atoms with Crippen LogP contribution in [0.1, 0.15) is 35.2 Å². The van der Waals surface area contributed by atoms with Crippen LogP contribution in [-0.2, 0) is 20.8 Å². The number of alkyl halides is 3. The predicted molar refractivity (Wildman–Crippen MR) is 145 cm³/mol. The molecule has 1 aliphatic rings. The highest BCUT2D eigenvalue weighted by molar-refractivity contribution is 7.98. The Morgan fingerprint density at radius 3 is 2.36 bits per heavy atom. The zero-order chi connectivity index (χ0) is 29.0. The van der Waals surface area contributed by atoms with Gasteiger partial charge in [0.1, 0.15) is 0 Å². The third kappa shape index (κ3) is 8.12. The zero-order valence-corrected chi connectivity index (χ0v) is 23.5. The monoisotopic (exact) mass is 586 g/mol. The second-order valence-corrected chi connectivity index (χ2v) is 12.7. The summed E-state index contributed by atoms with van der Waals surface area (Å²) in [7, 11) is 0.197. The van der Waals surface area contributed by atoms with E-state index in [0.717, 1.165) is 23.4 Å². The number of hydrogen-bond donors (Lipinski definition) is 3. The largest absolute Gasteiger partial charge is 0.416 e. The van der Waals surface area contributed by atoms with Gasteiger partial charge in [0.2, 0.25) is 5.91 Å². The Hall–Kier alpha value is -2.77. The van der Waals surface area contributed by atoms with Crippen LogP contribution in [0.3, 0.4) is 0 Å². The van der Waals surface area contributed by atoms with Crippen molar-refractivity contribution in [1.29, 1.82) is 0 Å². The number of nitrogens with one attached hydrogen (secondary N) is 2. The molecule has 1 aliphatic carbocycles. The van der Waals surface area contributed by atoms with Crippen LogP contribution in [0.2, 0.25) is 0 Å². The van der Waals surface area contributed by atoms with Gasteiger partial charge in [-0.15, -0.1) is 11.8 Å². The maximum absolute atomic E-state index is 13.2. The Bertz CT molecular complexity index is 1290. The number of thioether (sulfide) groups is 1. The number of nitrogens with zero attached hydrogens (tertiary/aromatic N) is 1. The van der Waals surface area contributed by atoms with Crippen LogP contribution >= 0.6 is 11.8 Å². The quantitative estimate of drug-likeness (QED) is 0.304. The second kappa shape index (κ2) is 12.6. The molecule has 2 aromatic rings. The number of carbonyl (C=O) groups is 2. The molecule has 2 amide bonds. The lowest BCUT2D eigenvalue weighted by molar-refractivity contribution is -0.137. The Morgan fingerprint density at radius 2 is 1.77 bits per heavy atom. The lowest BCUT2D eigenvalue weighted by atomic mass is 9.82. The second-order valence-electron chi connectivity index (χ2n) is 9.80. The molecule has 2 aromatic carbocycles. The summed E-state index contributed by atoms with van der Waals surface area (Å²) in [5.74, 6) is -2.00. The van der Waals surface area contributed by atoms with E-state index in [4.69, 9.17) is 5.73 Å². The van der Waals surface area contributed by atoms with E-state index >= 15 is 0 Å². The van der Waals surface area contributed by atoms with Crippen molar-refractivity contribution in [1.82, 2.24) is 15.5 Å². The number of nitrogen functional groups attached to an aromatic ring is 1. The first kappa shape index (κ1) is 30.8. The van der Waals surface area contributed by atoms with E-state index in [0.29, 0.717) is 18.9 Å². The smallest absolute Gasteiger partial charge is 0.398 e. The van der Waals surface area contributed by atoms with E-state index in [1.165, 1.54) is 11.8 Å². The predicted octanol–water partition coefficient (Wildman–Crippen LogP) is 3.43. The molecule has 1 saturated carbocycles. The number of sulfone groups is 1. The van der Waals surface area contributed by atoms with E-state index in [1.54, 1.807) is 24.3 Å². The van der Waals surface area contributed by atoms with Crippen molar-refractivity contribution in [3.05, 3.63) is 53.6 Å². The summed E-state index contributed by atoms with van der Waals surface area (Å²) < 4.78 is 65.5. The van der Waals surface area contributed by atoms with Gasteiger partial charge in [0, 0.05) is 22.7 Å². The number of amides is 2. The lowest BCUT2D eigenvalue weighted by Crippen LogP contribution is -2.52. The molecule has 0 aliphatic heterocycles. The summed E-state index contributed by atoms with van der Waals surface area (Å²) in [5, 5.41) is 5.16. The third-order valence-corrected chi connectivity index (χ3v) is 9.53. The summed E-state index contributed by atoms with van der Waals surface area (Å²) in [5.41, 5.74) is 4.11. The summed E-state index contributed by atoms with van der Waals surface area (Å²) in [4.78, 5) is 28.5. The molecular weight excluding hydrogens is 553 g/mol. The number of carbonyl (C=O) groups excluding carboxylic acids is 2. The molecular formula is C26H33F3N4O4S2. The van der Waals surface area contributed by atoms with Crippen molar-refractivity contribution in [2.75, 3.05) is 38.4 Å². The topological polar surface area (TPSA) is 122 Å². The van der Waals surface area contributed by atoms with Crippen molar-refractivity contribution in [2.45, 2.75) is 47.3 Å². The summed E-state index contributed by atoms with van der Waals surface area (Å²) in [6.45, 7) is -0.507. The molecule has 39 heavy (non-hydrogen) atoms. The van der Waals surface area contributed by atoms with E-state index in [1.807, 2.05) is 25.3 Å². The highest BCUT2D eigenvalue weighted by atomic mass is 32.2. The first-order valence-corrected chi connectivity index (χ1v) is 15.2. The van der Waals surface area contributed by atoms with Crippen molar-refractivity contribution >= 4 is 39.1 Å². The van der Waals surface area contributed by atoms with Crippen molar-refractivity contribution in [3.63, 3.8) is 0 Å². The average Bonchev–Trinajstić information content (AvgIpc) is 2.87. The first-order chi connectivity index (χ1) is 18.2. The maximum Gasteiger partial charge on any atom is 0.416 e. The van der Waals surface area contributed by atoms with Crippen LogP contribution < -0.4 is 16.4 Å². The zero-order valence-electron chi connectivity index (χ0n) is 21.9. The van der Waals surface area contributed by atoms with Gasteiger partial charge in [-0.1, -0.05) is 0 Å². The SMILES string of the molecule is CSc1ccc(S(=O)(=O)CC2CC[C@@H](N(C)C)CC2NC(=O)CNC(=O)c2cc(C(F)(F)F)ccc2N)cc1. The molecule has 2 unspecified atom stereocenters. The summed E-state index contributed by atoms with van der Waals surface area (Å²) in [6.07, 6.45) is -0.911. The molecule has 1 fully saturated rings. The number of halogens is 3. The highest BCUT2D eigenvalue weighted by Crippen LogP contribution is 2.32. The first-order valence-electron chi connectivity index (χ1n) is 12.3. The van der Waals surface area contributed by atoms with Crippen LogP contribution in [0.4, 0.5) is 18.9 Å². The molecule has 0 aromatic heterocycles. The van der Waals surface area contributed by atoms with E-state index in [9.17, 15) is 31.2 Å². The van der Waals surface area contributed by atoms with Crippen molar-refractivity contribution in [3.8, 4) is 0 Å². The van der Waals surface area contributed by atoms with Gasteiger partial charge in [0.25, 0.3) is 5.91 Å². The average molecular weight is 587 g/mol. The number of nitrogens with two attached hydrogens (primary N) is 1. The van der Waals surface area contributed by atoms with E-state index in [2.05, 4.69) is 10.6 Å². The van der Waals surface area contributed by atoms with Crippen LogP contribution in [-0.4, -0.2) is 69.9 Å². The van der Waals surface area contributed by atoms with Gasteiger partial charge >= 0.3 is 6.18 Å². The fourth-order valence-electron chi connectivity index (χ4n) is 4.66. The van der Waals surface area contributed by atoms with Crippen LogP contribution in [0.5, 0.6) is 0 Å². The van der Waals surface area contributed by atoms with Crippen LogP contribution in [0.25, 0.3) is 0 Å². The molecule has 0 saturated heterocycles. The maximum atomic E-state index is 13.2. The Morgan fingerprint density at radius 1 is 1.10 bits per heavy atom. The molecule has 3 atom stereocenters. The van der Waals surface area contributed by atoms with Gasteiger partial charge in [0.15, 0.2) is 9.84 Å². The standard InChI is InChI=1S/C26H33F3N4O4S2/c1-33(2)18-6-4-16(15-39(36,37)20-9-7-19(38-3)8-10-20)23(13-18)32-24(34)14-31-25(35)21-12-17(26(27,28)29)5-11-22(21)30/h5,7-12,16,18,23H,4,6,13-15,30H2,1-3H3,(H,31,35)(H,32,34)/t16?,18-,23?/m1/s1. The normalized spacial score (nSPS) is 20.0. The van der Waals surface area contributed by atoms with E-state index in [-0.39, 0.29) is 33.9 Å². The summed E-state index contributed by atoms with van der Waals surface area (Å²) >= 11 is 1.51. The Labute approximate surface area is 230 Å². The van der Waals surface area contributed by atoms with Gasteiger partial charge in [-0.3, -0.25) is 9.59 Å². The molecule has 0 bridgehead atoms. The fourth-order valence-corrected chi connectivity index (χ4v) is 6.77. The molecule has 0 spiro atoms. The van der Waals surface area contributed by atoms with Gasteiger partial charge < -0.3 is 21.3 Å². The Kier molecular flexibility index (Phi) is 9.94. The number of benzene rings is 2. The van der Waals surface area contributed by atoms with Gasteiger partial charge in [-0.2, -0.15) is 13.2 Å². The molecule has 3 rings (SSSR count). The third-order valence-electron chi connectivity index (χ3n) is 6.93. The van der Waals surface area contributed by atoms with E-state index < -0.39 is 46.0 Å². The summed E-state index contributed by atoms with van der Waals surface area (Å²) in [6, 6.07) is 8.70. The fraction of sp³-hybridized carbons (Fsp3) is 0.462. The van der Waals surface area contributed by atoms with Crippen molar-refractivity contribution < 1.29 is 31.2 Å². The van der Waals surface area contributed by atoms with Gasteiger partial charge in [0.05, 0.1) is 28.3 Å². The molecule has 214 valence electrons. The van der Waals surface area contributed by atoms with Gasteiger partial charge in [-0.25, -0.2) is 8.42 Å². The molecule has 0 radical (unpaired) electrons. The highest BCUT2D eigenvalue weighted by Gasteiger charge is 2.36. The molecule has 0 heterocycles. The molecule has 13 heteroatoms. The number of anilines is 1. The minimum Gasteiger partial charge on any atom is -0.398 e. The molecule has 4 N–H and O–H groups in total. The van der Waals surface area contributed by atoms with Crippen molar-refractivity contribution in [2.24, 2.45) is 5.92 Å². The Balaban J connectivity index is 1.69. The van der Waals surface area contributed by atoms with Crippen LogP contribution in [0, 0.1) is 5.92 Å². The number of hydrogen-bond acceptors (Lipinski definition) is 7. The minimum absolute atomic E-state index is 0.120. The molecule has 8 nitrogen and oxygen atoms in total. The van der Waals surface area contributed by atoms with Crippen LogP contribution in [0.15, 0.2) is 52.3 Å². The minimum atomic E-state index is -4.66. The number of rotatable bonds is 9. The lowest BCUT2D eigenvalue weighted by Gasteiger charge is -2.39.